The van der Waals surface area contributed by atoms with Gasteiger partial charge in [0.2, 0.25) is 0 Å². The van der Waals surface area contributed by atoms with Gasteiger partial charge in [-0.05, 0) is 42.5 Å². The molecule has 0 aromatic heterocycles. The lowest BCUT2D eigenvalue weighted by Gasteiger charge is -2.14. The molecule has 0 saturated carbocycles. The van der Waals surface area contributed by atoms with Gasteiger partial charge >= 0.3 is 18.3 Å². The lowest BCUT2D eigenvalue weighted by Crippen LogP contribution is -2.31. The molecule has 0 saturated heterocycles. The van der Waals surface area contributed by atoms with E-state index < -0.39 is 55.8 Å². The van der Waals surface area contributed by atoms with Crippen molar-refractivity contribution in [3.63, 3.8) is 0 Å². The quantitative estimate of drug-likeness (QED) is 0.562. The maximum absolute atomic E-state index is 12.9. The van der Waals surface area contributed by atoms with E-state index in [9.17, 15) is 44.3 Å². The van der Waals surface area contributed by atoms with E-state index in [4.69, 9.17) is 0 Å². The van der Waals surface area contributed by atoms with Crippen LogP contribution in [0, 0.1) is 0 Å². The predicted molar refractivity (Wildman–Crippen MR) is 88.9 cm³/mol. The number of rotatable bonds is 4. The predicted octanol–water partition coefficient (Wildman–Crippen LogP) is 3.63. The molecule has 0 atom stereocenters. The minimum Gasteiger partial charge on any atom is -0.465 e. The van der Waals surface area contributed by atoms with E-state index in [1.165, 1.54) is 4.72 Å². The highest BCUT2D eigenvalue weighted by atomic mass is 32.2. The van der Waals surface area contributed by atoms with Crippen LogP contribution in [-0.4, -0.2) is 27.4 Å². The van der Waals surface area contributed by atoms with Crippen molar-refractivity contribution in [2.75, 3.05) is 7.11 Å². The van der Waals surface area contributed by atoms with Crippen molar-refractivity contribution in [1.82, 2.24) is 4.72 Å². The Balaban J connectivity index is 2.39. The Morgan fingerprint density at radius 2 is 1.30 bits per heavy atom. The summed E-state index contributed by atoms with van der Waals surface area (Å²) in [5.41, 5.74) is -4.74. The van der Waals surface area contributed by atoms with Gasteiger partial charge in [0.25, 0.3) is 15.9 Å². The molecule has 0 fully saturated rings. The fourth-order valence-corrected chi connectivity index (χ4v) is 3.19. The number of alkyl halides is 6. The summed E-state index contributed by atoms with van der Waals surface area (Å²) in [6, 6.07) is 3.87. The number of amides is 1. The monoisotopic (exact) mass is 455 g/mol. The van der Waals surface area contributed by atoms with Crippen LogP contribution in [0.3, 0.4) is 0 Å². The topological polar surface area (TPSA) is 89.5 Å². The first kappa shape index (κ1) is 23.2. The zero-order chi connectivity index (χ0) is 22.9. The molecular weight excluding hydrogens is 444 g/mol. The highest BCUT2D eigenvalue weighted by Gasteiger charge is 2.37. The van der Waals surface area contributed by atoms with E-state index in [1.807, 2.05) is 0 Å². The van der Waals surface area contributed by atoms with Crippen molar-refractivity contribution in [3.8, 4) is 0 Å². The van der Waals surface area contributed by atoms with Crippen LogP contribution in [0.25, 0.3) is 0 Å². The van der Waals surface area contributed by atoms with E-state index in [2.05, 4.69) is 4.74 Å². The summed E-state index contributed by atoms with van der Waals surface area (Å²) in [6.07, 6.45) is -10.4. The molecule has 2 rings (SSSR count). The van der Waals surface area contributed by atoms with Crippen LogP contribution in [0.1, 0.15) is 31.8 Å². The van der Waals surface area contributed by atoms with Crippen molar-refractivity contribution >= 4 is 21.9 Å². The van der Waals surface area contributed by atoms with Gasteiger partial charge in [0.1, 0.15) is 0 Å². The Labute approximate surface area is 165 Å². The molecule has 0 aliphatic carbocycles. The summed E-state index contributed by atoms with van der Waals surface area (Å²) in [5, 5.41) is 0. The SMILES string of the molecule is COC(=O)c1ccc(S(=O)(=O)NC(=O)c2cc(C(F)(F)F)cc(C(F)(F)F)c2)cc1. The minimum atomic E-state index is -5.21. The van der Waals surface area contributed by atoms with Gasteiger partial charge in [0, 0.05) is 5.56 Å². The molecule has 1 amide bonds. The maximum atomic E-state index is 12.9. The molecule has 0 radical (unpaired) electrons. The van der Waals surface area contributed by atoms with Gasteiger partial charge in [-0.25, -0.2) is 17.9 Å². The number of halogens is 6. The molecule has 13 heteroatoms. The first-order chi connectivity index (χ1) is 13.6. The number of hydrogen-bond donors (Lipinski definition) is 1. The Kier molecular flexibility index (Phi) is 6.16. The van der Waals surface area contributed by atoms with Crippen molar-refractivity contribution < 1.29 is 49.1 Å². The van der Waals surface area contributed by atoms with E-state index in [0.29, 0.717) is 0 Å². The minimum absolute atomic E-state index is 0.0320. The lowest BCUT2D eigenvalue weighted by atomic mass is 10.0. The molecule has 30 heavy (non-hydrogen) atoms. The molecule has 2 aromatic carbocycles. The average Bonchev–Trinajstić information content (AvgIpc) is 2.65. The zero-order valence-corrected chi connectivity index (χ0v) is 15.6. The van der Waals surface area contributed by atoms with Crippen LogP contribution in [0.2, 0.25) is 0 Å². The van der Waals surface area contributed by atoms with Gasteiger partial charge in [-0.3, -0.25) is 4.79 Å². The molecule has 0 heterocycles. The number of nitrogens with one attached hydrogen (secondary N) is 1. The molecule has 6 nitrogen and oxygen atoms in total. The van der Waals surface area contributed by atoms with Crippen molar-refractivity contribution in [3.05, 3.63) is 64.7 Å². The van der Waals surface area contributed by atoms with E-state index >= 15 is 0 Å². The highest BCUT2D eigenvalue weighted by molar-refractivity contribution is 7.90. The summed E-state index contributed by atoms with van der Waals surface area (Å²) in [7, 11) is -3.59. The molecular formula is C17H11F6NO5S. The van der Waals surface area contributed by atoms with E-state index in [1.54, 1.807) is 0 Å². The Morgan fingerprint density at radius 3 is 1.70 bits per heavy atom. The van der Waals surface area contributed by atoms with Crippen molar-refractivity contribution in [1.29, 1.82) is 0 Å². The van der Waals surface area contributed by atoms with Crippen LogP contribution in [-0.2, 0) is 27.1 Å². The van der Waals surface area contributed by atoms with Crippen LogP contribution in [0.4, 0.5) is 26.3 Å². The number of methoxy groups -OCH3 is 1. The molecule has 162 valence electrons. The van der Waals surface area contributed by atoms with Crippen LogP contribution in [0.5, 0.6) is 0 Å². The van der Waals surface area contributed by atoms with Crippen LogP contribution < -0.4 is 4.72 Å². The summed E-state index contributed by atoms with van der Waals surface area (Å²) in [4.78, 5) is 22.9. The first-order valence-corrected chi connectivity index (χ1v) is 9.18. The number of benzene rings is 2. The maximum Gasteiger partial charge on any atom is 0.416 e. The highest BCUT2D eigenvalue weighted by Crippen LogP contribution is 2.36. The van der Waals surface area contributed by atoms with Crippen LogP contribution in [0.15, 0.2) is 47.4 Å². The third-order valence-corrected chi connectivity index (χ3v) is 5.01. The van der Waals surface area contributed by atoms with Crippen molar-refractivity contribution in [2.45, 2.75) is 17.2 Å². The number of ether oxygens (including phenoxy) is 1. The summed E-state index contributed by atoms with van der Waals surface area (Å²) in [5.74, 6) is -2.49. The summed E-state index contributed by atoms with van der Waals surface area (Å²) >= 11 is 0. The van der Waals surface area contributed by atoms with Gasteiger partial charge in [-0.15, -0.1) is 0 Å². The molecule has 0 aliphatic rings. The van der Waals surface area contributed by atoms with Gasteiger partial charge in [0.15, 0.2) is 0 Å². The van der Waals surface area contributed by atoms with Crippen molar-refractivity contribution in [2.24, 2.45) is 0 Å². The van der Waals surface area contributed by atoms with E-state index in [0.717, 1.165) is 31.4 Å². The number of carbonyl (C=O) groups excluding carboxylic acids is 2. The summed E-state index contributed by atoms with van der Waals surface area (Å²) < 4.78 is 108. The molecule has 0 aliphatic heterocycles. The number of hydrogen-bond acceptors (Lipinski definition) is 5. The number of sulfonamides is 1. The molecule has 0 bridgehead atoms. The second-order valence-electron chi connectivity index (χ2n) is 5.75. The fraction of sp³-hybridized carbons (Fsp3) is 0.176. The van der Waals surface area contributed by atoms with E-state index in [-0.39, 0.29) is 23.8 Å². The Hall–Kier alpha value is -3.09. The second kappa shape index (κ2) is 7.97. The Bertz CT molecular complexity index is 1040. The normalized spacial score (nSPS) is 12.4. The van der Waals surface area contributed by atoms with Gasteiger partial charge in [-0.2, -0.15) is 26.3 Å². The standard InChI is InChI=1S/C17H11F6NO5S/c1-29-15(26)9-2-4-13(5-3-9)30(27,28)24-14(25)10-6-11(16(18,19)20)8-12(7-10)17(21,22)23/h2-8H,1H3,(H,24,25). The third-order valence-electron chi connectivity index (χ3n) is 3.66. The molecule has 0 spiro atoms. The van der Waals surface area contributed by atoms with Gasteiger partial charge in [0.05, 0.1) is 28.7 Å². The van der Waals surface area contributed by atoms with Crippen LogP contribution >= 0.6 is 0 Å². The summed E-state index contributed by atoms with van der Waals surface area (Å²) in [6.45, 7) is 0. The zero-order valence-electron chi connectivity index (χ0n) is 14.8. The lowest BCUT2D eigenvalue weighted by molar-refractivity contribution is -0.143. The van der Waals surface area contributed by atoms with Gasteiger partial charge < -0.3 is 4.74 Å². The van der Waals surface area contributed by atoms with Gasteiger partial charge in [-0.1, -0.05) is 0 Å². The fourth-order valence-electron chi connectivity index (χ4n) is 2.21. The number of esters is 1. The smallest absolute Gasteiger partial charge is 0.416 e. The molecule has 2 aromatic rings. The second-order valence-corrected chi connectivity index (χ2v) is 7.43. The molecule has 1 N–H and O–H groups in total. The Morgan fingerprint density at radius 1 is 0.833 bits per heavy atom. The third kappa shape index (κ3) is 5.28. The largest absolute Gasteiger partial charge is 0.465 e. The first-order valence-electron chi connectivity index (χ1n) is 7.70. The molecule has 0 unspecified atom stereocenters. The average molecular weight is 455 g/mol. The number of carbonyl (C=O) groups is 2.